The Morgan fingerprint density at radius 3 is 2.43 bits per heavy atom. The molecule has 0 saturated carbocycles. The average molecular weight is 525 g/mol. The van der Waals surface area contributed by atoms with Crippen LogP contribution in [0.25, 0.3) is 5.69 Å². The molecule has 0 spiro atoms. The molecule has 0 saturated heterocycles. The van der Waals surface area contributed by atoms with Crippen molar-refractivity contribution in [2.45, 2.75) is 39.7 Å². The number of halogens is 1. The maximum Gasteiger partial charge on any atom is 0.414 e. The van der Waals surface area contributed by atoms with Crippen molar-refractivity contribution < 1.29 is 23.9 Å². The first kappa shape index (κ1) is 26.2. The summed E-state index contributed by atoms with van der Waals surface area (Å²) in [5, 5.41) is 4.94. The fourth-order valence-electron chi connectivity index (χ4n) is 4.06. The quantitative estimate of drug-likeness (QED) is 0.422. The second kappa shape index (κ2) is 10.3. The summed E-state index contributed by atoms with van der Waals surface area (Å²) in [7, 11) is 1.63. The van der Waals surface area contributed by atoms with E-state index in [0.717, 1.165) is 0 Å². The Labute approximate surface area is 220 Å². The zero-order chi connectivity index (χ0) is 26.9. The standard InChI is InChI=1S/C27H29ClN4O5/c1-6-36-25(34)22-21-14-15-31(24(33)23(21)32(29-22)20-9-7-8-17(28)16-20)19-12-10-18(11-13-19)30(5)26(35)37-27(2,3)4/h7-13,16H,6,14-15H2,1-5H3. The lowest BCUT2D eigenvalue weighted by Crippen LogP contribution is -2.39. The topological polar surface area (TPSA) is 94.0 Å². The van der Waals surface area contributed by atoms with E-state index in [1.165, 1.54) is 9.58 Å². The van der Waals surface area contributed by atoms with E-state index in [1.807, 2.05) is 0 Å². The zero-order valence-electron chi connectivity index (χ0n) is 21.4. The number of rotatable bonds is 5. The summed E-state index contributed by atoms with van der Waals surface area (Å²) >= 11 is 6.19. The number of anilines is 2. The van der Waals surface area contributed by atoms with Gasteiger partial charge in [-0.25, -0.2) is 14.3 Å². The first-order chi connectivity index (χ1) is 17.5. The Bertz CT molecular complexity index is 1340. The number of aromatic nitrogens is 2. The second-order valence-corrected chi connectivity index (χ2v) is 9.99. The van der Waals surface area contributed by atoms with Gasteiger partial charge in [0.2, 0.25) is 0 Å². The van der Waals surface area contributed by atoms with E-state index in [0.29, 0.717) is 40.6 Å². The van der Waals surface area contributed by atoms with Crippen molar-refractivity contribution in [2.24, 2.45) is 0 Å². The van der Waals surface area contributed by atoms with Gasteiger partial charge in [-0.15, -0.1) is 0 Å². The number of amides is 2. The Balaban J connectivity index is 1.67. The SMILES string of the molecule is CCOC(=O)c1nn(-c2cccc(Cl)c2)c2c1CCN(c1ccc(N(C)C(=O)OC(C)(C)C)cc1)C2=O. The number of hydrogen-bond acceptors (Lipinski definition) is 6. The molecule has 0 atom stereocenters. The summed E-state index contributed by atoms with van der Waals surface area (Å²) in [6.45, 7) is 7.68. The lowest BCUT2D eigenvalue weighted by atomic mass is 10.0. The van der Waals surface area contributed by atoms with Crippen molar-refractivity contribution in [2.75, 3.05) is 30.0 Å². The van der Waals surface area contributed by atoms with Gasteiger partial charge in [-0.3, -0.25) is 9.69 Å². The maximum atomic E-state index is 13.8. The summed E-state index contributed by atoms with van der Waals surface area (Å²) < 4.78 is 12.1. The molecule has 1 aliphatic heterocycles. The average Bonchev–Trinajstić information content (AvgIpc) is 3.24. The molecule has 0 fully saturated rings. The molecule has 0 unspecified atom stereocenters. The van der Waals surface area contributed by atoms with Gasteiger partial charge in [-0.05, 0) is 76.6 Å². The van der Waals surface area contributed by atoms with Gasteiger partial charge in [0.15, 0.2) is 5.69 Å². The van der Waals surface area contributed by atoms with Crippen LogP contribution in [0.2, 0.25) is 5.02 Å². The van der Waals surface area contributed by atoms with Crippen LogP contribution in [0.3, 0.4) is 0 Å². The van der Waals surface area contributed by atoms with Crippen LogP contribution in [0.1, 0.15) is 54.2 Å². The van der Waals surface area contributed by atoms with Crippen LogP contribution in [0.5, 0.6) is 0 Å². The molecular weight excluding hydrogens is 496 g/mol. The molecule has 2 amide bonds. The van der Waals surface area contributed by atoms with E-state index in [1.54, 1.807) is 88.2 Å². The summed E-state index contributed by atoms with van der Waals surface area (Å²) in [6.07, 6.45) is -0.0640. The molecule has 9 nitrogen and oxygen atoms in total. The minimum Gasteiger partial charge on any atom is -0.461 e. The fraction of sp³-hybridized carbons (Fsp3) is 0.333. The van der Waals surface area contributed by atoms with Crippen LogP contribution < -0.4 is 9.80 Å². The zero-order valence-corrected chi connectivity index (χ0v) is 22.2. The molecule has 0 radical (unpaired) electrons. The highest BCUT2D eigenvalue weighted by atomic mass is 35.5. The lowest BCUT2D eigenvalue weighted by molar-refractivity contribution is 0.0516. The molecule has 2 aromatic carbocycles. The van der Waals surface area contributed by atoms with Crippen LogP contribution in [-0.2, 0) is 15.9 Å². The molecule has 4 rings (SSSR count). The van der Waals surface area contributed by atoms with Gasteiger partial charge in [0.1, 0.15) is 11.3 Å². The predicted molar refractivity (Wildman–Crippen MR) is 141 cm³/mol. The van der Waals surface area contributed by atoms with Crippen LogP contribution in [0, 0.1) is 0 Å². The first-order valence-corrected chi connectivity index (χ1v) is 12.3. The molecule has 1 aromatic heterocycles. The number of fused-ring (bicyclic) bond motifs is 1. The van der Waals surface area contributed by atoms with E-state index in [-0.39, 0.29) is 23.9 Å². The first-order valence-electron chi connectivity index (χ1n) is 11.9. The third kappa shape index (κ3) is 5.46. The Morgan fingerprint density at radius 2 is 1.81 bits per heavy atom. The van der Waals surface area contributed by atoms with Gasteiger partial charge in [-0.1, -0.05) is 17.7 Å². The lowest BCUT2D eigenvalue weighted by Gasteiger charge is -2.28. The van der Waals surface area contributed by atoms with E-state index in [9.17, 15) is 14.4 Å². The van der Waals surface area contributed by atoms with Crippen molar-refractivity contribution >= 4 is 40.9 Å². The third-order valence-corrected chi connectivity index (χ3v) is 5.99. The molecule has 0 N–H and O–H groups in total. The molecule has 0 bridgehead atoms. The normalized spacial score (nSPS) is 13.2. The van der Waals surface area contributed by atoms with Crippen molar-refractivity contribution in [3.05, 3.63) is 70.5 Å². The number of benzene rings is 2. The van der Waals surface area contributed by atoms with Crippen molar-refractivity contribution in [3.8, 4) is 5.69 Å². The summed E-state index contributed by atoms with van der Waals surface area (Å²) in [5.41, 5.74) is 2.16. The van der Waals surface area contributed by atoms with Crippen molar-refractivity contribution in [3.63, 3.8) is 0 Å². The van der Waals surface area contributed by atoms with Gasteiger partial charge in [0.05, 0.1) is 12.3 Å². The maximum absolute atomic E-state index is 13.8. The third-order valence-electron chi connectivity index (χ3n) is 5.75. The largest absolute Gasteiger partial charge is 0.461 e. The summed E-state index contributed by atoms with van der Waals surface area (Å²) in [4.78, 5) is 41.9. The number of hydrogen-bond donors (Lipinski definition) is 0. The molecule has 37 heavy (non-hydrogen) atoms. The van der Waals surface area contributed by atoms with E-state index >= 15 is 0 Å². The molecule has 3 aromatic rings. The number of carbonyl (C=O) groups excluding carboxylic acids is 3. The number of carbonyl (C=O) groups is 3. The summed E-state index contributed by atoms with van der Waals surface area (Å²) in [6, 6.07) is 14.0. The monoisotopic (exact) mass is 524 g/mol. The van der Waals surface area contributed by atoms with Crippen LogP contribution in [-0.4, -0.2) is 53.6 Å². The number of ether oxygens (including phenoxy) is 2. The van der Waals surface area contributed by atoms with Crippen LogP contribution >= 0.6 is 11.6 Å². The molecule has 194 valence electrons. The molecule has 2 heterocycles. The van der Waals surface area contributed by atoms with E-state index in [2.05, 4.69) is 5.10 Å². The Hall–Kier alpha value is -3.85. The number of nitrogens with zero attached hydrogens (tertiary/aromatic N) is 4. The summed E-state index contributed by atoms with van der Waals surface area (Å²) in [5.74, 6) is -0.882. The van der Waals surface area contributed by atoms with Crippen LogP contribution in [0.15, 0.2) is 48.5 Å². The van der Waals surface area contributed by atoms with E-state index in [4.69, 9.17) is 21.1 Å². The molecular formula is C27H29ClN4O5. The van der Waals surface area contributed by atoms with Gasteiger partial charge in [0, 0.05) is 35.6 Å². The van der Waals surface area contributed by atoms with E-state index < -0.39 is 17.7 Å². The van der Waals surface area contributed by atoms with Crippen LogP contribution in [0.4, 0.5) is 16.2 Å². The van der Waals surface area contributed by atoms with Crippen molar-refractivity contribution in [1.82, 2.24) is 9.78 Å². The fourth-order valence-corrected chi connectivity index (χ4v) is 4.24. The highest BCUT2D eigenvalue weighted by Crippen LogP contribution is 2.31. The molecule has 0 aliphatic carbocycles. The molecule has 10 heteroatoms. The van der Waals surface area contributed by atoms with Gasteiger partial charge >= 0.3 is 12.1 Å². The van der Waals surface area contributed by atoms with Crippen molar-refractivity contribution in [1.29, 1.82) is 0 Å². The Morgan fingerprint density at radius 1 is 1.11 bits per heavy atom. The predicted octanol–water partition coefficient (Wildman–Crippen LogP) is 5.28. The van der Waals surface area contributed by atoms with Gasteiger partial charge in [-0.2, -0.15) is 5.10 Å². The minimum absolute atomic E-state index is 0.124. The van der Waals surface area contributed by atoms with Gasteiger partial charge in [0.25, 0.3) is 5.91 Å². The smallest absolute Gasteiger partial charge is 0.414 e. The number of esters is 1. The highest BCUT2D eigenvalue weighted by Gasteiger charge is 2.35. The molecule has 1 aliphatic rings. The highest BCUT2D eigenvalue weighted by molar-refractivity contribution is 6.30. The minimum atomic E-state index is -0.614. The van der Waals surface area contributed by atoms with Gasteiger partial charge < -0.3 is 14.4 Å². The second-order valence-electron chi connectivity index (χ2n) is 9.55. The Kier molecular flexibility index (Phi) is 7.27.